The number of carbonyl (C=O) groups excluding carboxylic acids is 2. The number of anilines is 1. The first-order chi connectivity index (χ1) is 11.9. The molecule has 8 nitrogen and oxygen atoms in total. The van der Waals surface area contributed by atoms with Crippen LogP contribution in [0, 0.1) is 11.8 Å². The van der Waals surface area contributed by atoms with Gasteiger partial charge in [0.25, 0.3) is 5.91 Å². The topological polar surface area (TPSA) is 128 Å². The van der Waals surface area contributed by atoms with E-state index in [0.29, 0.717) is 37.1 Å². The number of nitrogens with two attached hydrogens (primary N) is 1. The Morgan fingerprint density at radius 3 is 2.60 bits per heavy atom. The summed E-state index contributed by atoms with van der Waals surface area (Å²) in [6, 6.07) is 4.79. The van der Waals surface area contributed by atoms with Crippen LogP contribution in [-0.2, 0) is 14.4 Å². The normalized spacial score (nSPS) is 19.7. The van der Waals surface area contributed by atoms with Crippen LogP contribution in [0.3, 0.4) is 0 Å². The van der Waals surface area contributed by atoms with E-state index in [1.54, 1.807) is 12.1 Å². The number of aliphatic carboxylic acids is 1. The molecule has 0 aromatic heterocycles. The molecule has 0 aliphatic heterocycles. The third-order valence-corrected chi connectivity index (χ3v) is 4.20. The number of carbonyl (C=O) groups is 3. The van der Waals surface area contributed by atoms with Crippen molar-refractivity contribution in [3.8, 4) is 11.5 Å². The van der Waals surface area contributed by atoms with Crippen molar-refractivity contribution in [3.05, 3.63) is 18.2 Å². The summed E-state index contributed by atoms with van der Waals surface area (Å²) >= 11 is 0. The SMILES string of the molecule is COc1ccc(NC(=O)C2CCCC(C(=O)O)C2)cc1OCC(N)=O. The van der Waals surface area contributed by atoms with E-state index in [2.05, 4.69) is 5.32 Å². The first kappa shape index (κ1) is 18.6. The van der Waals surface area contributed by atoms with E-state index in [4.69, 9.17) is 20.3 Å². The molecule has 0 radical (unpaired) electrons. The van der Waals surface area contributed by atoms with Gasteiger partial charge in [0.2, 0.25) is 5.91 Å². The molecular formula is C17H22N2O6. The van der Waals surface area contributed by atoms with E-state index >= 15 is 0 Å². The van der Waals surface area contributed by atoms with Gasteiger partial charge >= 0.3 is 5.97 Å². The average molecular weight is 350 g/mol. The van der Waals surface area contributed by atoms with Gasteiger partial charge < -0.3 is 25.6 Å². The largest absolute Gasteiger partial charge is 0.493 e. The molecule has 2 unspecified atom stereocenters. The van der Waals surface area contributed by atoms with Crippen LogP contribution in [-0.4, -0.2) is 36.6 Å². The van der Waals surface area contributed by atoms with Crippen LogP contribution < -0.4 is 20.5 Å². The second-order valence-electron chi connectivity index (χ2n) is 6.01. The van der Waals surface area contributed by atoms with E-state index < -0.39 is 17.8 Å². The van der Waals surface area contributed by atoms with E-state index in [0.717, 1.165) is 0 Å². The van der Waals surface area contributed by atoms with Crippen LogP contribution in [0.5, 0.6) is 11.5 Å². The molecule has 1 aliphatic rings. The number of rotatable bonds is 7. The number of hydrogen-bond acceptors (Lipinski definition) is 5. The summed E-state index contributed by atoms with van der Waals surface area (Å²) in [5, 5.41) is 11.9. The number of ether oxygens (including phenoxy) is 2. The maximum absolute atomic E-state index is 12.4. The third kappa shape index (κ3) is 5.10. The summed E-state index contributed by atoms with van der Waals surface area (Å²) in [7, 11) is 1.46. The van der Waals surface area contributed by atoms with Crippen LogP contribution in [0.25, 0.3) is 0 Å². The summed E-state index contributed by atoms with van der Waals surface area (Å²) in [6.45, 7) is -0.309. The van der Waals surface area contributed by atoms with Gasteiger partial charge in [0, 0.05) is 17.7 Å². The van der Waals surface area contributed by atoms with E-state index in [9.17, 15) is 14.4 Å². The van der Waals surface area contributed by atoms with Crippen molar-refractivity contribution in [1.29, 1.82) is 0 Å². The molecule has 4 N–H and O–H groups in total. The number of hydrogen-bond donors (Lipinski definition) is 3. The predicted molar refractivity (Wildman–Crippen MR) is 89.4 cm³/mol. The van der Waals surface area contributed by atoms with Crippen molar-refractivity contribution in [2.75, 3.05) is 19.0 Å². The summed E-state index contributed by atoms with van der Waals surface area (Å²) in [6.07, 6.45) is 2.32. The maximum Gasteiger partial charge on any atom is 0.306 e. The molecule has 136 valence electrons. The second kappa shape index (κ2) is 8.36. The minimum Gasteiger partial charge on any atom is -0.493 e. The lowest BCUT2D eigenvalue weighted by Gasteiger charge is -2.25. The maximum atomic E-state index is 12.4. The molecule has 0 heterocycles. The molecular weight excluding hydrogens is 328 g/mol. The Labute approximate surface area is 145 Å². The molecule has 2 amide bonds. The number of methoxy groups -OCH3 is 1. The van der Waals surface area contributed by atoms with Crippen molar-refractivity contribution in [1.82, 2.24) is 0 Å². The minimum atomic E-state index is -0.857. The quantitative estimate of drug-likeness (QED) is 0.682. The van der Waals surface area contributed by atoms with E-state index in [1.807, 2.05) is 0 Å². The Kier molecular flexibility index (Phi) is 6.21. The predicted octanol–water partition coefficient (Wildman–Crippen LogP) is 1.39. The summed E-state index contributed by atoms with van der Waals surface area (Å²) in [5.74, 6) is -1.84. The zero-order chi connectivity index (χ0) is 18.4. The Morgan fingerprint density at radius 1 is 1.24 bits per heavy atom. The molecule has 0 spiro atoms. The third-order valence-electron chi connectivity index (χ3n) is 4.20. The number of primary amides is 1. The van der Waals surface area contributed by atoms with Crippen LogP contribution >= 0.6 is 0 Å². The fraction of sp³-hybridized carbons (Fsp3) is 0.471. The molecule has 1 aromatic rings. The van der Waals surface area contributed by atoms with Crippen molar-refractivity contribution >= 4 is 23.5 Å². The molecule has 2 atom stereocenters. The van der Waals surface area contributed by atoms with Crippen molar-refractivity contribution < 1.29 is 29.0 Å². The van der Waals surface area contributed by atoms with Crippen molar-refractivity contribution in [3.63, 3.8) is 0 Å². The molecule has 1 aromatic carbocycles. The highest BCUT2D eigenvalue weighted by Crippen LogP contribution is 2.32. The summed E-state index contributed by atoms with van der Waals surface area (Å²) in [4.78, 5) is 34.4. The zero-order valence-electron chi connectivity index (χ0n) is 14.0. The van der Waals surface area contributed by atoms with Gasteiger partial charge in [-0.1, -0.05) is 6.42 Å². The minimum absolute atomic E-state index is 0.225. The lowest BCUT2D eigenvalue weighted by atomic mass is 9.81. The van der Waals surface area contributed by atoms with Crippen molar-refractivity contribution in [2.45, 2.75) is 25.7 Å². The highest BCUT2D eigenvalue weighted by molar-refractivity contribution is 5.93. The van der Waals surface area contributed by atoms with Gasteiger partial charge in [-0.05, 0) is 31.4 Å². The lowest BCUT2D eigenvalue weighted by molar-refractivity contribution is -0.143. The highest BCUT2D eigenvalue weighted by atomic mass is 16.5. The van der Waals surface area contributed by atoms with Crippen LogP contribution in [0.1, 0.15) is 25.7 Å². The summed E-state index contributed by atoms with van der Waals surface area (Å²) < 4.78 is 10.4. The van der Waals surface area contributed by atoms with Gasteiger partial charge in [-0.3, -0.25) is 14.4 Å². The van der Waals surface area contributed by atoms with Gasteiger partial charge in [0.05, 0.1) is 13.0 Å². The molecule has 1 fully saturated rings. The second-order valence-corrected chi connectivity index (χ2v) is 6.01. The molecule has 0 saturated heterocycles. The lowest BCUT2D eigenvalue weighted by Crippen LogP contribution is -2.30. The number of carboxylic acids is 1. The standard InChI is InChI=1S/C17H22N2O6/c1-24-13-6-5-12(8-14(13)25-9-15(18)20)19-16(21)10-3-2-4-11(7-10)17(22)23/h5-6,8,10-11H,2-4,7,9H2,1H3,(H2,18,20)(H,19,21)(H,22,23). The zero-order valence-corrected chi connectivity index (χ0v) is 14.0. The van der Waals surface area contributed by atoms with Gasteiger partial charge in [-0.15, -0.1) is 0 Å². The molecule has 8 heteroatoms. The highest BCUT2D eigenvalue weighted by Gasteiger charge is 2.31. The summed E-state index contributed by atoms with van der Waals surface area (Å²) in [5.41, 5.74) is 5.54. The van der Waals surface area contributed by atoms with Gasteiger partial charge in [0.15, 0.2) is 18.1 Å². The molecule has 25 heavy (non-hydrogen) atoms. The number of benzene rings is 1. The van der Waals surface area contributed by atoms with Crippen LogP contribution in [0.2, 0.25) is 0 Å². The number of carboxylic acid groups (broad SMARTS) is 1. The Balaban J connectivity index is 2.05. The number of nitrogens with one attached hydrogen (secondary N) is 1. The van der Waals surface area contributed by atoms with Gasteiger partial charge in [0.1, 0.15) is 0 Å². The van der Waals surface area contributed by atoms with E-state index in [1.165, 1.54) is 13.2 Å². The van der Waals surface area contributed by atoms with Crippen LogP contribution in [0.4, 0.5) is 5.69 Å². The molecule has 1 saturated carbocycles. The molecule has 1 aliphatic carbocycles. The molecule has 2 rings (SSSR count). The Morgan fingerprint density at radius 2 is 1.96 bits per heavy atom. The smallest absolute Gasteiger partial charge is 0.306 e. The van der Waals surface area contributed by atoms with Crippen molar-refractivity contribution in [2.24, 2.45) is 17.6 Å². The Hall–Kier alpha value is -2.77. The average Bonchev–Trinajstić information content (AvgIpc) is 2.60. The Bertz CT molecular complexity index is 661. The first-order valence-corrected chi connectivity index (χ1v) is 8.03. The molecule has 0 bridgehead atoms. The van der Waals surface area contributed by atoms with Gasteiger partial charge in [-0.25, -0.2) is 0 Å². The number of amides is 2. The van der Waals surface area contributed by atoms with Crippen LogP contribution in [0.15, 0.2) is 18.2 Å². The van der Waals surface area contributed by atoms with E-state index in [-0.39, 0.29) is 24.2 Å². The first-order valence-electron chi connectivity index (χ1n) is 8.03. The fourth-order valence-corrected chi connectivity index (χ4v) is 2.91. The van der Waals surface area contributed by atoms with Gasteiger partial charge in [-0.2, -0.15) is 0 Å². The monoisotopic (exact) mass is 350 g/mol. The fourth-order valence-electron chi connectivity index (χ4n) is 2.91.